The van der Waals surface area contributed by atoms with Gasteiger partial charge >= 0.3 is 0 Å². The number of hydrogen-bond donors (Lipinski definition) is 1. The fourth-order valence-electron chi connectivity index (χ4n) is 1.18. The van der Waals surface area contributed by atoms with Crippen molar-refractivity contribution in [2.45, 2.75) is 13.3 Å². The summed E-state index contributed by atoms with van der Waals surface area (Å²) in [5.41, 5.74) is 0. The summed E-state index contributed by atoms with van der Waals surface area (Å²) in [5.74, 6) is 1.52. The Labute approximate surface area is 87.3 Å². The van der Waals surface area contributed by atoms with E-state index in [1.54, 1.807) is 0 Å². The van der Waals surface area contributed by atoms with Crippen LogP contribution in [0.3, 0.4) is 0 Å². The van der Waals surface area contributed by atoms with Gasteiger partial charge in [-0.05, 0) is 18.6 Å². The van der Waals surface area contributed by atoms with E-state index in [9.17, 15) is 4.21 Å². The zero-order chi connectivity index (χ0) is 9.68. The lowest BCUT2D eigenvalue weighted by Crippen LogP contribution is -2.46. The molecule has 0 aliphatic carbocycles. The van der Waals surface area contributed by atoms with E-state index >= 15 is 0 Å². The van der Waals surface area contributed by atoms with Crippen molar-refractivity contribution in [1.29, 1.82) is 0 Å². The smallest absolute Gasteiger partial charge is 0.168 e. The molecule has 1 saturated heterocycles. The van der Waals surface area contributed by atoms with E-state index in [1.165, 1.54) is 0 Å². The van der Waals surface area contributed by atoms with Gasteiger partial charge in [-0.15, -0.1) is 0 Å². The van der Waals surface area contributed by atoms with Gasteiger partial charge in [-0.25, -0.2) is 0 Å². The quantitative estimate of drug-likeness (QED) is 0.680. The van der Waals surface area contributed by atoms with E-state index in [4.69, 9.17) is 12.2 Å². The van der Waals surface area contributed by atoms with Crippen LogP contribution < -0.4 is 5.32 Å². The third kappa shape index (κ3) is 3.60. The van der Waals surface area contributed by atoms with Gasteiger partial charge < -0.3 is 10.2 Å². The average Bonchev–Trinajstić information content (AvgIpc) is 2.15. The SMILES string of the molecule is CCCNC(=S)N1CCS(=O)CC1. The number of nitrogens with one attached hydrogen (secondary N) is 1. The summed E-state index contributed by atoms with van der Waals surface area (Å²) < 4.78 is 11.1. The number of hydrogen-bond acceptors (Lipinski definition) is 2. The molecular formula is C8H16N2OS2. The topological polar surface area (TPSA) is 32.3 Å². The molecule has 0 amide bonds. The van der Waals surface area contributed by atoms with E-state index in [2.05, 4.69) is 17.1 Å². The summed E-state index contributed by atoms with van der Waals surface area (Å²) in [4.78, 5) is 2.10. The summed E-state index contributed by atoms with van der Waals surface area (Å²) in [7, 11) is -0.612. The van der Waals surface area contributed by atoms with Crippen LogP contribution in [0, 0.1) is 0 Å². The molecule has 1 fully saturated rings. The van der Waals surface area contributed by atoms with E-state index < -0.39 is 10.8 Å². The molecule has 1 aliphatic heterocycles. The van der Waals surface area contributed by atoms with E-state index in [1.807, 2.05) is 0 Å². The highest BCUT2D eigenvalue weighted by atomic mass is 32.2. The molecule has 0 bridgehead atoms. The van der Waals surface area contributed by atoms with Gasteiger partial charge in [-0.3, -0.25) is 4.21 Å². The molecular weight excluding hydrogens is 204 g/mol. The summed E-state index contributed by atoms with van der Waals surface area (Å²) >= 11 is 5.19. The highest BCUT2D eigenvalue weighted by molar-refractivity contribution is 7.85. The Morgan fingerprint density at radius 3 is 2.69 bits per heavy atom. The number of thiocarbonyl (C=S) groups is 1. The van der Waals surface area contributed by atoms with Crippen LogP contribution in [0.4, 0.5) is 0 Å². The van der Waals surface area contributed by atoms with Crippen molar-refractivity contribution in [3.8, 4) is 0 Å². The summed E-state index contributed by atoms with van der Waals surface area (Å²) in [6.07, 6.45) is 1.08. The maximum atomic E-state index is 11.1. The summed E-state index contributed by atoms with van der Waals surface area (Å²) in [6, 6.07) is 0. The molecule has 1 rings (SSSR count). The molecule has 0 radical (unpaired) electrons. The molecule has 0 atom stereocenters. The fourth-order valence-corrected chi connectivity index (χ4v) is 2.52. The Morgan fingerprint density at radius 2 is 2.15 bits per heavy atom. The Morgan fingerprint density at radius 1 is 1.54 bits per heavy atom. The largest absolute Gasteiger partial charge is 0.363 e. The first-order valence-corrected chi connectivity index (χ1v) is 6.51. The lowest BCUT2D eigenvalue weighted by atomic mass is 10.5. The van der Waals surface area contributed by atoms with E-state index in [0.29, 0.717) is 0 Å². The van der Waals surface area contributed by atoms with Crippen molar-refractivity contribution in [1.82, 2.24) is 10.2 Å². The van der Waals surface area contributed by atoms with Crippen molar-refractivity contribution >= 4 is 28.1 Å². The molecule has 0 aromatic heterocycles. The maximum Gasteiger partial charge on any atom is 0.168 e. The Balaban J connectivity index is 2.27. The van der Waals surface area contributed by atoms with Crippen molar-refractivity contribution in [3.05, 3.63) is 0 Å². The Hall–Kier alpha value is -0.160. The van der Waals surface area contributed by atoms with Gasteiger partial charge in [0.1, 0.15) is 0 Å². The van der Waals surface area contributed by atoms with Gasteiger partial charge in [0.2, 0.25) is 0 Å². The summed E-state index contributed by atoms with van der Waals surface area (Å²) in [5, 5.41) is 3.99. The second-order valence-corrected chi connectivity index (χ2v) is 5.15. The standard InChI is InChI=1S/C8H16N2OS2/c1-2-3-9-8(12)10-4-6-13(11)7-5-10/h2-7H2,1H3,(H,9,12). The van der Waals surface area contributed by atoms with Crippen LogP contribution in [-0.4, -0.2) is 45.4 Å². The Bertz CT molecular complexity index is 198. The maximum absolute atomic E-state index is 11.1. The van der Waals surface area contributed by atoms with Gasteiger partial charge in [0, 0.05) is 41.9 Å². The zero-order valence-electron chi connectivity index (χ0n) is 7.91. The predicted octanol–water partition coefficient (Wildman–Crippen LogP) is 0.335. The lowest BCUT2D eigenvalue weighted by Gasteiger charge is -2.28. The van der Waals surface area contributed by atoms with Crippen LogP contribution in [-0.2, 0) is 10.8 Å². The van der Waals surface area contributed by atoms with Crippen molar-refractivity contribution in [3.63, 3.8) is 0 Å². The van der Waals surface area contributed by atoms with Crippen LogP contribution in [0.15, 0.2) is 0 Å². The van der Waals surface area contributed by atoms with Crippen LogP contribution in [0.25, 0.3) is 0 Å². The van der Waals surface area contributed by atoms with Crippen LogP contribution in [0.1, 0.15) is 13.3 Å². The van der Waals surface area contributed by atoms with Crippen molar-refractivity contribution in [2.24, 2.45) is 0 Å². The van der Waals surface area contributed by atoms with Gasteiger partial charge in [0.25, 0.3) is 0 Å². The molecule has 0 aromatic rings. The van der Waals surface area contributed by atoms with Crippen LogP contribution in [0.2, 0.25) is 0 Å². The normalized spacial score (nSPS) is 18.7. The molecule has 1 N–H and O–H groups in total. The van der Waals surface area contributed by atoms with E-state index in [-0.39, 0.29) is 0 Å². The van der Waals surface area contributed by atoms with Crippen molar-refractivity contribution in [2.75, 3.05) is 31.1 Å². The highest BCUT2D eigenvalue weighted by Gasteiger charge is 2.16. The summed E-state index contributed by atoms with van der Waals surface area (Å²) in [6.45, 7) is 4.71. The first-order chi connectivity index (χ1) is 6.24. The van der Waals surface area contributed by atoms with Crippen molar-refractivity contribution < 1.29 is 4.21 Å². The van der Waals surface area contributed by atoms with E-state index in [0.717, 1.165) is 42.7 Å². The second-order valence-electron chi connectivity index (χ2n) is 3.07. The predicted molar refractivity (Wildman–Crippen MR) is 60.3 cm³/mol. The van der Waals surface area contributed by atoms with Gasteiger partial charge in [0.15, 0.2) is 5.11 Å². The minimum Gasteiger partial charge on any atom is -0.363 e. The molecule has 1 aliphatic rings. The molecule has 13 heavy (non-hydrogen) atoms. The zero-order valence-corrected chi connectivity index (χ0v) is 9.55. The lowest BCUT2D eigenvalue weighted by molar-refractivity contribution is 0.446. The molecule has 0 unspecified atom stereocenters. The third-order valence-electron chi connectivity index (χ3n) is 1.99. The molecule has 0 saturated carbocycles. The van der Waals surface area contributed by atoms with Gasteiger partial charge in [-0.2, -0.15) is 0 Å². The number of rotatable bonds is 2. The first-order valence-electron chi connectivity index (χ1n) is 4.61. The second kappa shape index (κ2) is 5.54. The first kappa shape index (κ1) is 10.9. The molecule has 0 spiro atoms. The fraction of sp³-hybridized carbons (Fsp3) is 0.875. The monoisotopic (exact) mass is 220 g/mol. The minimum absolute atomic E-state index is 0.612. The highest BCUT2D eigenvalue weighted by Crippen LogP contribution is 2.00. The minimum atomic E-state index is -0.612. The number of nitrogens with zero attached hydrogens (tertiary/aromatic N) is 1. The van der Waals surface area contributed by atoms with Gasteiger partial charge in [0.05, 0.1) is 0 Å². The van der Waals surface area contributed by atoms with Crippen LogP contribution >= 0.6 is 12.2 Å². The molecule has 1 heterocycles. The molecule has 3 nitrogen and oxygen atoms in total. The third-order valence-corrected chi connectivity index (χ3v) is 3.67. The molecule has 76 valence electrons. The van der Waals surface area contributed by atoms with Crippen LogP contribution in [0.5, 0.6) is 0 Å². The molecule has 5 heteroatoms. The molecule has 0 aromatic carbocycles. The van der Waals surface area contributed by atoms with Gasteiger partial charge in [-0.1, -0.05) is 6.92 Å². The average molecular weight is 220 g/mol. The Kier molecular flexibility index (Phi) is 4.66.